The normalized spacial score (nSPS) is 10.1. The number of nitrogens with one attached hydrogen (secondary N) is 2. The summed E-state index contributed by atoms with van der Waals surface area (Å²) in [5.74, 6) is 0.497. The number of furan rings is 1. The van der Waals surface area contributed by atoms with Gasteiger partial charge in [0.2, 0.25) is 0 Å². The lowest BCUT2D eigenvalue weighted by molar-refractivity contribution is 0.0994. The van der Waals surface area contributed by atoms with Crippen LogP contribution in [0.1, 0.15) is 20.9 Å². The lowest BCUT2D eigenvalue weighted by atomic mass is 10.2. The molecule has 7 heteroatoms. The van der Waals surface area contributed by atoms with Crippen molar-refractivity contribution < 1.29 is 23.5 Å². The SMILES string of the molecule is COc1cccc(C(=O)Nc2ccc(NC(=O)c3ccco3)c(OC)c2)c1. The Hall–Kier alpha value is -3.74. The lowest BCUT2D eigenvalue weighted by Crippen LogP contribution is -2.13. The van der Waals surface area contributed by atoms with Crippen LogP contribution in [0.3, 0.4) is 0 Å². The van der Waals surface area contributed by atoms with Crippen LogP contribution in [0.4, 0.5) is 11.4 Å². The molecule has 3 aromatic rings. The van der Waals surface area contributed by atoms with E-state index in [9.17, 15) is 9.59 Å². The van der Waals surface area contributed by atoms with Crippen molar-refractivity contribution in [2.24, 2.45) is 0 Å². The fourth-order valence-corrected chi connectivity index (χ4v) is 2.43. The number of carbonyl (C=O) groups excluding carboxylic acids is 2. The first-order valence-corrected chi connectivity index (χ1v) is 8.09. The fraction of sp³-hybridized carbons (Fsp3) is 0.100. The highest BCUT2D eigenvalue weighted by Gasteiger charge is 2.14. The van der Waals surface area contributed by atoms with Gasteiger partial charge in [-0.25, -0.2) is 0 Å². The Bertz CT molecular complexity index is 951. The molecule has 2 amide bonds. The van der Waals surface area contributed by atoms with Crippen molar-refractivity contribution in [3.8, 4) is 11.5 Å². The summed E-state index contributed by atoms with van der Waals surface area (Å²) < 4.78 is 15.5. The van der Waals surface area contributed by atoms with E-state index in [1.54, 1.807) is 54.6 Å². The number of amides is 2. The van der Waals surface area contributed by atoms with Crippen LogP contribution in [-0.2, 0) is 0 Å². The van der Waals surface area contributed by atoms with Gasteiger partial charge in [0.05, 0.1) is 26.2 Å². The molecule has 0 saturated heterocycles. The molecule has 0 aliphatic rings. The number of benzene rings is 2. The molecular weight excluding hydrogens is 348 g/mol. The predicted molar refractivity (Wildman–Crippen MR) is 101 cm³/mol. The molecule has 0 unspecified atom stereocenters. The summed E-state index contributed by atoms with van der Waals surface area (Å²) in [5, 5.41) is 5.49. The minimum atomic E-state index is -0.397. The summed E-state index contributed by atoms with van der Waals surface area (Å²) in [6.07, 6.45) is 1.42. The van der Waals surface area contributed by atoms with Crippen LogP contribution < -0.4 is 20.1 Å². The van der Waals surface area contributed by atoms with Crippen molar-refractivity contribution in [3.05, 3.63) is 72.2 Å². The standard InChI is InChI=1S/C20H18N2O5/c1-25-15-6-3-5-13(11-15)19(23)21-14-8-9-16(18(12-14)26-2)22-20(24)17-7-4-10-27-17/h3-12H,1-2H3,(H,21,23)(H,22,24). The maximum Gasteiger partial charge on any atom is 0.291 e. The van der Waals surface area contributed by atoms with Crippen LogP contribution in [0.25, 0.3) is 0 Å². The maximum absolute atomic E-state index is 12.4. The van der Waals surface area contributed by atoms with Gasteiger partial charge in [-0.1, -0.05) is 6.07 Å². The van der Waals surface area contributed by atoms with Gasteiger partial charge in [-0.2, -0.15) is 0 Å². The molecule has 0 aliphatic heterocycles. The first-order valence-electron chi connectivity index (χ1n) is 8.09. The first-order chi connectivity index (χ1) is 13.1. The Labute approximate surface area is 155 Å². The van der Waals surface area contributed by atoms with Crippen molar-refractivity contribution in [2.45, 2.75) is 0 Å². The molecule has 0 atom stereocenters. The Morgan fingerprint density at radius 2 is 1.74 bits per heavy atom. The molecule has 1 heterocycles. The van der Waals surface area contributed by atoms with Gasteiger partial charge < -0.3 is 24.5 Å². The smallest absolute Gasteiger partial charge is 0.291 e. The van der Waals surface area contributed by atoms with Crippen molar-refractivity contribution in [2.75, 3.05) is 24.9 Å². The maximum atomic E-state index is 12.4. The molecule has 0 bridgehead atoms. The number of ether oxygens (including phenoxy) is 2. The highest BCUT2D eigenvalue weighted by atomic mass is 16.5. The third kappa shape index (κ3) is 4.27. The van der Waals surface area contributed by atoms with Gasteiger partial charge in [0.15, 0.2) is 5.76 Å². The Kier molecular flexibility index (Phi) is 5.41. The fourth-order valence-electron chi connectivity index (χ4n) is 2.43. The quantitative estimate of drug-likeness (QED) is 0.692. The molecule has 3 rings (SSSR count). The molecule has 0 spiro atoms. The molecular formula is C20H18N2O5. The van der Waals surface area contributed by atoms with E-state index in [4.69, 9.17) is 13.9 Å². The Balaban J connectivity index is 1.75. The molecule has 2 N–H and O–H groups in total. The van der Waals surface area contributed by atoms with E-state index in [-0.39, 0.29) is 11.7 Å². The summed E-state index contributed by atoms with van der Waals surface area (Å²) in [6.45, 7) is 0. The second kappa shape index (κ2) is 8.09. The highest BCUT2D eigenvalue weighted by Crippen LogP contribution is 2.29. The van der Waals surface area contributed by atoms with Crippen LogP contribution in [0.2, 0.25) is 0 Å². The second-order valence-corrected chi connectivity index (χ2v) is 5.53. The van der Waals surface area contributed by atoms with Crippen molar-refractivity contribution >= 4 is 23.2 Å². The van der Waals surface area contributed by atoms with Gasteiger partial charge in [0.1, 0.15) is 11.5 Å². The van der Waals surface area contributed by atoms with E-state index < -0.39 is 5.91 Å². The van der Waals surface area contributed by atoms with Gasteiger partial charge in [0, 0.05) is 17.3 Å². The van der Waals surface area contributed by atoms with E-state index in [1.165, 1.54) is 20.5 Å². The van der Waals surface area contributed by atoms with Crippen molar-refractivity contribution in [1.82, 2.24) is 0 Å². The summed E-state index contributed by atoms with van der Waals surface area (Å²) in [7, 11) is 3.02. The second-order valence-electron chi connectivity index (χ2n) is 5.53. The largest absolute Gasteiger partial charge is 0.497 e. The van der Waals surface area contributed by atoms with Crippen LogP contribution >= 0.6 is 0 Å². The molecule has 2 aromatic carbocycles. The Morgan fingerprint density at radius 1 is 0.889 bits per heavy atom. The van der Waals surface area contributed by atoms with Crippen molar-refractivity contribution in [1.29, 1.82) is 0 Å². The zero-order valence-electron chi connectivity index (χ0n) is 14.8. The minimum absolute atomic E-state index is 0.187. The number of rotatable bonds is 6. The minimum Gasteiger partial charge on any atom is -0.497 e. The summed E-state index contributed by atoms with van der Waals surface area (Å²) in [4.78, 5) is 24.5. The van der Waals surface area contributed by atoms with Crippen LogP contribution in [0.5, 0.6) is 11.5 Å². The first kappa shape index (κ1) is 18.1. The van der Waals surface area contributed by atoms with Gasteiger partial charge >= 0.3 is 0 Å². The van der Waals surface area contributed by atoms with E-state index >= 15 is 0 Å². The predicted octanol–water partition coefficient (Wildman–Crippen LogP) is 3.80. The third-order valence-electron chi connectivity index (χ3n) is 3.78. The number of carbonyl (C=O) groups is 2. The topological polar surface area (TPSA) is 89.8 Å². The number of hydrogen-bond donors (Lipinski definition) is 2. The number of anilines is 2. The number of hydrogen-bond acceptors (Lipinski definition) is 5. The Morgan fingerprint density at radius 3 is 2.44 bits per heavy atom. The van der Waals surface area contributed by atoms with Gasteiger partial charge in [-0.05, 0) is 42.5 Å². The van der Waals surface area contributed by atoms with Crippen LogP contribution in [-0.4, -0.2) is 26.0 Å². The average molecular weight is 366 g/mol. The van der Waals surface area contributed by atoms with Crippen LogP contribution in [0, 0.1) is 0 Å². The summed E-state index contributed by atoms with van der Waals surface area (Å²) in [5.41, 5.74) is 1.44. The van der Waals surface area contributed by atoms with Gasteiger partial charge in [0.25, 0.3) is 11.8 Å². The van der Waals surface area contributed by atoms with Crippen molar-refractivity contribution in [3.63, 3.8) is 0 Å². The molecule has 1 aromatic heterocycles. The molecule has 0 fully saturated rings. The average Bonchev–Trinajstić information content (AvgIpc) is 3.24. The van der Waals surface area contributed by atoms with E-state index in [0.29, 0.717) is 28.4 Å². The van der Waals surface area contributed by atoms with Crippen LogP contribution in [0.15, 0.2) is 65.3 Å². The van der Waals surface area contributed by atoms with E-state index in [2.05, 4.69) is 10.6 Å². The van der Waals surface area contributed by atoms with E-state index in [1.807, 2.05) is 0 Å². The lowest BCUT2D eigenvalue weighted by Gasteiger charge is -2.12. The molecule has 27 heavy (non-hydrogen) atoms. The molecule has 138 valence electrons. The zero-order chi connectivity index (χ0) is 19.2. The molecule has 7 nitrogen and oxygen atoms in total. The molecule has 0 saturated carbocycles. The highest BCUT2D eigenvalue weighted by molar-refractivity contribution is 6.05. The van der Waals surface area contributed by atoms with E-state index in [0.717, 1.165) is 0 Å². The zero-order valence-corrected chi connectivity index (χ0v) is 14.8. The monoisotopic (exact) mass is 366 g/mol. The van der Waals surface area contributed by atoms with Gasteiger partial charge in [-0.15, -0.1) is 0 Å². The molecule has 0 aliphatic carbocycles. The van der Waals surface area contributed by atoms with Gasteiger partial charge in [-0.3, -0.25) is 9.59 Å². The summed E-state index contributed by atoms with van der Waals surface area (Å²) in [6, 6.07) is 14.9. The third-order valence-corrected chi connectivity index (χ3v) is 3.78. The summed E-state index contributed by atoms with van der Waals surface area (Å²) >= 11 is 0. The number of methoxy groups -OCH3 is 2. The molecule has 0 radical (unpaired) electrons.